The number of nitrogens with zero attached hydrogens (tertiary/aromatic N) is 2. The van der Waals surface area contributed by atoms with Crippen molar-refractivity contribution in [2.75, 3.05) is 0 Å². The second kappa shape index (κ2) is 5.25. The van der Waals surface area contributed by atoms with E-state index in [9.17, 15) is 10.1 Å². The molecule has 0 aliphatic carbocycles. The van der Waals surface area contributed by atoms with E-state index in [0.717, 1.165) is 15.8 Å². The highest BCUT2D eigenvalue weighted by Crippen LogP contribution is 2.44. The van der Waals surface area contributed by atoms with E-state index in [1.165, 1.54) is 11.3 Å². The summed E-state index contributed by atoms with van der Waals surface area (Å²) in [5, 5.41) is 12.3. The van der Waals surface area contributed by atoms with Gasteiger partial charge in [0.25, 0.3) is 5.56 Å². The minimum atomic E-state index is -0.498. The number of ether oxygens (including phenoxy) is 1. The summed E-state index contributed by atoms with van der Waals surface area (Å²) in [7, 11) is 1.73. The summed E-state index contributed by atoms with van der Waals surface area (Å²) in [6.07, 6.45) is 0. The normalized spacial score (nSPS) is 16.6. The van der Waals surface area contributed by atoms with Crippen LogP contribution in [0.4, 0.5) is 0 Å². The third kappa shape index (κ3) is 1.88. The van der Waals surface area contributed by atoms with E-state index in [-0.39, 0.29) is 17.0 Å². The van der Waals surface area contributed by atoms with Crippen LogP contribution in [0.2, 0.25) is 0 Å². The summed E-state index contributed by atoms with van der Waals surface area (Å²) in [6.45, 7) is 0. The van der Waals surface area contributed by atoms with Crippen LogP contribution in [0.3, 0.4) is 0 Å². The maximum Gasteiger partial charge on any atom is 0.258 e. The molecule has 0 bridgehead atoms. The second-order valence-corrected chi connectivity index (χ2v) is 6.54. The first-order valence-corrected chi connectivity index (χ1v) is 8.24. The van der Waals surface area contributed by atoms with Crippen LogP contribution in [0.25, 0.3) is 10.9 Å². The quantitative estimate of drug-likeness (QED) is 0.741. The number of para-hydroxylation sites is 1. The van der Waals surface area contributed by atoms with E-state index in [1.807, 2.05) is 41.8 Å². The lowest BCUT2D eigenvalue weighted by atomic mass is 9.88. The van der Waals surface area contributed by atoms with Crippen LogP contribution < -0.4 is 16.0 Å². The van der Waals surface area contributed by atoms with Gasteiger partial charge in [-0.3, -0.25) is 4.79 Å². The number of nitrogens with two attached hydrogens (primary N) is 1. The summed E-state index contributed by atoms with van der Waals surface area (Å²) in [4.78, 5) is 13.9. The van der Waals surface area contributed by atoms with Crippen LogP contribution in [0, 0.1) is 11.3 Å². The van der Waals surface area contributed by atoms with Gasteiger partial charge < -0.3 is 15.0 Å². The zero-order valence-electron chi connectivity index (χ0n) is 12.8. The van der Waals surface area contributed by atoms with Crippen LogP contribution in [-0.2, 0) is 7.05 Å². The first-order valence-electron chi connectivity index (χ1n) is 7.36. The summed E-state index contributed by atoms with van der Waals surface area (Å²) in [5.41, 5.74) is 7.33. The molecule has 0 unspecified atom stereocenters. The monoisotopic (exact) mass is 335 g/mol. The standard InChI is InChI=1S/C18H13N3O2S/c1-21-12-6-3-2-5-10(12)16-15(18(21)22)14(13-7-4-8-24-13)11(9-19)17(20)23-16/h2-8,14H,20H2,1H3/t14-/m1/s1. The van der Waals surface area contributed by atoms with E-state index in [1.54, 1.807) is 11.6 Å². The molecule has 24 heavy (non-hydrogen) atoms. The zero-order valence-corrected chi connectivity index (χ0v) is 13.6. The Morgan fingerprint density at radius 2 is 2.08 bits per heavy atom. The number of pyridine rings is 1. The van der Waals surface area contributed by atoms with Crippen molar-refractivity contribution in [2.24, 2.45) is 12.8 Å². The molecule has 1 aliphatic heterocycles. The topological polar surface area (TPSA) is 81.0 Å². The lowest BCUT2D eigenvalue weighted by Gasteiger charge is -2.26. The Balaban J connectivity index is 2.16. The van der Waals surface area contributed by atoms with E-state index in [0.29, 0.717) is 11.3 Å². The molecule has 2 N–H and O–H groups in total. The van der Waals surface area contributed by atoms with Crippen molar-refractivity contribution in [2.45, 2.75) is 5.92 Å². The largest absolute Gasteiger partial charge is 0.439 e. The lowest BCUT2D eigenvalue weighted by Crippen LogP contribution is -2.30. The van der Waals surface area contributed by atoms with Crippen molar-refractivity contribution in [3.63, 3.8) is 0 Å². The second-order valence-electron chi connectivity index (χ2n) is 5.56. The van der Waals surface area contributed by atoms with Crippen molar-refractivity contribution in [1.29, 1.82) is 5.26 Å². The SMILES string of the molecule is Cn1c(=O)c2c(c3ccccc31)OC(N)=C(C#N)[C@@H]2c1cccs1. The molecule has 0 saturated heterocycles. The Morgan fingerprint density at radius 1 is 1.29 bits per heavy atom. The smallest absolute Gasteiger partial charge is 0.258 e. The third-order valence-corrected chi connectivity index (χ3v) is 5.23. The number of nitriles is 1. The van der Waals surface area contributed by atoms with Crippen molar-refractivity contribution in [1.82, 2.24) is 4.57 Å². The van der Waals surface area contributed by atoms with E-state index < -0.39 is 5.92 Å². The van der Waals surface area contributed by atoms with Crippen molar-refractivity contribution < 1.29 is 4.74 Å². The molecule has 3 heterocycles. The van der Waals surface area contributed by atoms with E-state index >= 15 is 0 Å². The number of aromatic nitrogens is 1. The molecule has 1 aliphatic rings. The lowest BCUT2D eigenvalue weighted by molar-refractivity contribution is 0.396. The van der Waals surface area contributed by atoms with Crippen molar-refractivity contribution in [3.05, 3.63) is 74.0 Å². The molecule has 0 saturated carbocycles. The number of hydrogen-bond acceptors (Lipinski definition) is 5. The van der Waals surface area contributed by atoms with Gasteiger partial charge in [-0.05, 0) is 23.6 Å². The highest BCUT2D eigenvalue weighted by atomic mass is 32.1. The minimum absolute atomic E-state index is 0.0572. The molecule has 0 fully saturated rings. The fraction of sp³-hybridized carbons (Fsp3) is 0.111. The predicted octanol–water partition coefficient (Wildman–Crippen LogP) is 2.82. The molecular formula is C18H13N3O2S. The Morgan fingerprint density at radius 3 is 2.79 bits per heavy atom. The molecule has 3 aromatic rings. The van der Waals surface area contributed by atoms with Crippen LogP contribution in [0.15, 0.2) is 58.0 Å². The highest BCUT2D eigenvalue weighted by molar-refractivity contribution is 7.10. The maximum atomic E-state index is 13.0. The molecule has 5 nitrogen and oxygen atoms in total. The van der Waals surface area contributed by atoms with Crippen molar-refractivity contribution in [3.8, 4) is 11.8 Å². The van der Waals surface area contributed by atoms with Gasteiger partial charge in [0.05, 0.1) is 17.0 Å². The Labute approximate surface area is 141 Å². The molecule has 0 amide bonds. The van der Waals surface area contributed by atoms with Crippen LogP contribution in [-0.4, -0.2) is 4.57 Å². The van der Waals surface area contributed by atoms with Gasteiger partial charge in [-0.25, -0.2) is 0 Å². The van der Waals surface area contributed by atoms with E-state index in [2.05, 4.69) is 6.07 Å². The summed E-state index contributed by atoms with van der Waals surface area (Å²) >= 11 is 1.49. The summed E-state index contributed by atoms with van der Waals surface area (Å²) in [6, 6.07) is 13.4. The third-order valence-electron chi connectivity index (χ3n) is 4.29. The van der Waals surface area contributed by atoms with Crippen LogP contribution in [0.1, 0.15) is 16.4 Å². The molecule has 1 atom stereocenters. The Hall–Kier alpha value is -3.04. The molecule has 0 spiro atoms. The van der Waals surface area contributed by atoms with E-state index in [4.69, 9.17) is 10.5 Å². The average molecular weight is 335 g/mol. The molecule has 118 valence electrons. The molecule has 2 aromatic heterocycles. The van der Waals surface area contributed by atoms with Crippen LogP contribution in [0.5, 0.6) is 5.75 Å². The van der Waals surface area contributed by atoms with Gasteiger partial charge in [-0.1, -0.05) is 18.2 Å². The number of rotatable bonds is 1. The first-order chi connectivity index (χ1) is 11.6. The van der Waals surface area contributed by atoms with Gasteiger partial charge in [0.2, 0.25) is 5.88 Å². The minimum Gasteiger partial charge on any atom is -0.439 e. The maximum absolute atomic E-state index is 13.0. The zero-order chi connectivity index (χ0) is 16.8. The van der Waals surface area contributed by atoms with Crippen molar-refractivity contribution >= 4 is 22.2 Å². The molecule has 6 heteroatoms. The molecular weight excluding hydrogens is 322 g/mol. The van der Waals surface area contributed by atoms with Gasteiger partial charge in [0.1, 0.15) is 17.4 Å². The molecule has 0 radical (unpaired) electrons. The van der Waals surface area contributed by atoms with Crippen LogP contribution >= 0.6 is 11.3 Å². The summed E-state index contributed by atoms with van der Waals surface area (Å²) in [5.74, 6) is 0.00691. The highest BCUT2D eigenvalue weighted by Gasteiger charge is 2.35. The van der Waals surface area contributed by atoms with Gasteiger partial charge in [-0.2, -0.15) is 5.26 Å². The van der Waals surface area contributed by atoms with Gasteiger partial charge >= 0.3 is 0 Å². The van der Waals surface area contributed by atoms with Gasteiger partial charge in [0, 0.05) is 17.3 Å². The number of thiophene rings is 1. The number of allylic oxidation sites excluding steroid dienone is 1. The Kier molecular flexibility index (Phi) is 3.18. The number of aryl methyl sites for hydroxylation is 1. The number of benzene rings is 1. The first kappa shape index (κ1) is 14.5. The summed E-state index contributed by atoms with van der Waals surface area (Å²) < 4.78 is 7.33. The van der Waals surface area contributed by atoms with Gasteiger partial charge in [-0.15, -0.1) is 11.3 Å². The fourth-order valence-electron chi connectivity index (χ4n) is 3.17. The Bertz CT molecular complexity index is 1090. The number of fused-ring (bicyclic) bond motifs is 3. The van der Waals surface area contributed by atoms with Gasteiger partial charge in [0.15, 0.2) is 0 Å². The fourth-order valence-corrected chi connectivity index (χ4v) is 4.01. The number of hydrogen-bond donors (Lipinski definition) is 1. The molecule has 4 rings (SSSR count). The predicted molar refractivity (Wildman–Crippen MR) is 92.8 cm³/mol. The average Bonchev–Trinajstić information content (AvgIpc) is 3.13. The molecule has 1 aromatic carbocycles.